The molecule has 26 heavy (non-hydrogen) atoms. The van der Waals surface area contributed by atoms with E-state index < -0.39 is 0 Å². The van der Waals surface area contributed by atoms with E-state index in [0.717, 1.165) is 45.0 Å². The van der Waals surface area contributed by atoms with Crippen molar-refractivity contribution in [1.82, 2.24) is 15.5 Å². The molecule has 1 saturated carbocycles. The predicted molar refractivity (Wildman–Crippen MR) is 106 cm³/mol. The third-order valence-electron chi connectivity index (χ3n) is 6.00. The molecule has 2 N–H and O–H groups in total. The van der Waals surface area contributed by atoms with Crippen LogP contribution in [-0.4, -0.2) is 63.7 Å². The van der Waals surface area contributed by atoms with Crippen LogP contribution in [0.25, 0.3) is 0 Å². The Balaban J connectivity index is 1.71. The topological polar surface area (TPSA) is 66.0 Å². The van der Waals surface area contributed by atoms with Crippen LogP contribution in [-0.2, 0) is 9.53 Å². The third-order valence-corrected chi connectivity index (χ3v) is 6.00. The first-order chi connectivity index (χ1) is 12.6. The molecule has 2 rings (SSSR count). The number of carbonyl (C=O) groups is 1. The summed E-state index contributed by atoms with van der Waals surface area (Å²) in [7, 11) is 3.57. The summed E-state index contributed by atoms with van der Waals surface area (Å²) in [5.41, 5.74) is 0.327. The number of nitrogens with one attached hydrogen (secondary N) is 2. The molecule has 0 radical (unpaired) electrons. The van der Waals surface area contributed by atoms with Crippen molar-refractivity contribution in [3.8, 4) is 0 Å². The van der Waals surface area contributed by atoms with Gasteiger partial charge in [0.25, 0.3) is 0 Å². The zero-order valence-electron chi connectivity index (χ0n) is 17.0. The zero-order chi connectivity index (χ0) is 18.8. The van der Waals surface area contributed by atoms with Crippen molar-refractivity contribution in [2.45, 2.75) is 58.3 Å². The van der Waals surface area contributed by atoms with E-state index in [9.17, 15) is 4.79 Å². The van der Waals surface area contributed by atoms with Crippen LogP contribution >= 0.6 is 0 Å². The molecule has 1 unspecified atom stereocenters. The Bertz CT molecular complexity index is 461. The van der Waals surface area contributed by atoms with E-state index >= 15 is 0 Å². The summed E-state index contributed by atoms with van der Waals surface area (Å²) in [5.74, 6) is 1.69. The largest absolute Gasteiger partial charge is 0.385 e. The number of hydrogen-bond acceptors (Lipinski definition) is 3. The van der Waals surface area contributed by atoms with Crippen molar-refractivity contribution in [1.29, 1.82) is 0 Å². The maximum absolute atomic E-state index is 12.4. The summed E-state index contributed by atoms with van der Waals surface area (Å²) in [4.78, 5) is 18.7. The number of methoxy groups -OCH3 is 1. The van der Waals surface area contributed by atoms with Gasteiger partial charge in [0.2, 0.25) is 5.91 Å². The van der Waals surface area contributed by atoms with Crippen LogP contribution in [0, 0.1) is 11.3 Å². The highest BCUT2D eigenvalue weighted by Crippen LogP contribution is 2.40. The zero-order valence-corrected chi connectivity index (χ0v) is 17.0. The average molecular weight is 367 g/mol. The number of carbonyl (C=O) groups excluding carboxylic acids is 1. The molecular weight excluding hydrogens is 328 g/mol. The minimum Gasteiger partial charge on any atom is -0.385 e. The number of rotatable bonds is 8. The van der Waals surface area contributed by atoms with Gasteiger partial charge in [-0.25, -0.2) is 0 Å². The fraction of sp³-hybridized carbons (Fsp3) is 0.900. The Morgan fingerprint density at radius 3 is 2.69 bits per heavy atom. The van der Waals surface area contributed by atoms with Gasteiger partial charge < -0.3 is 20.3 Å². The average Bonchev–Trinajstić information content (AvgIpc) is 3.12. The molecule has 1 saturated heterocycles. The van der Waals surface area contributed by atoms with Gasteiger partial charge in [-0.2, -0.15) is 0 Å². The molecule has 0 aromatic carbocycles. The number of amides is 1. The van der Waals surface area contributed by atoms with Crippen molar-refractivity contribution in [3.05, 3.63) is 0 Å². The second-order valence-corrected chi connectivity index (χ2v) is 8.14. The maximum atomic E-state index is 12.4. The molecule has 0 spiro atoms. The number of likely N-dealkylation sites (tertiary alicyclic amines) is 1. The first-order valence-electron chi connectivity index (χ1n) is 10.3. The van der Waals surface area contributed by atoms with Gasteiger partial charge in [0, 0.05) is 53.4 Å². The highest BCUT2D eigenvalue weighted by molar-refractivity contribution is 5.81. The summed E-state index contributed by atoms with van der Waals surface area (Å²) in [6.45, 7) is 6.43. The minimum atomic E-state index is 0.256. The van der Waals surface area contributed by atoms with Crippen LogP contribution in [0.15, 0.2) is 4.99 Å². The molecule has 1 heterocycles. The van der Waals surface area contributed by atoms with Gasteiger partial charge in [-0.1, -0.05) is 19.8 Å². The standard InChI is InChI=1S/C20H38N4O2/c1-17-7-6-13-24(15-17)18(25)8-12-22-19(21-2)23-16-20(11-14-26-3)9-4-5-10-20/h17H,4-16H2,1-3H3,(H2,21,22,23). The van der Waals surface area contributed by atoms with Crippen molar-refractivity contribution in [3.63, 3.8) is 0 Å². The van der Waals surface area contributed by atoms with Crippen molar-refractivity contribution in [2.75, 3.05) is 46.9 Å². The number of piperidine rings is 1. The first kappa shape index (κ1) is 21.0. The number of guanidine groups is 1. The van der Waals surface area contributed by atoms with E-state index in [-0.39, 0.29) is 5.91 Å². The van der Waals surface area contributed by atoms with E-state index in [2.05, 4.69) is 22.5 Å². The second-order valence-electron chi connectivity index (χ2n) is 8.14. The van der Waals surface area contributed by atoms with E-state index in [1.54, 1.807) is 14.2 Å². The second kappa shape index (κ2) is 10.8. The van der Waals surface area contributed by atoms with Gasteiger partial charge in [0.1, 0.15) is 0 Å². The molecular formula is C20H38N4O2. The Morgan fingerprint density at radius 2 is 2.04 bits per heavy atom. The number of hydrogen-bond donors (Lipinski definition) is 2. The van der Waals surface area contributed by atoms with Crippen LogP contribution in [0.5, 0.6) is 0 Å². The van der Waals surface area contributed by atoms with Crippen molar-refractivity contribution < 1.29 is 9.53 Å². The number of nitrogens with zero attached hydrogens (tertiary/aromatic N) is 2. The Kier molecular flexibility index (Phi) is 8.69. The Labute approximate surface area is 159 Å². The lowest BCUT2D eigenvalue weighted by atomic mass is 9.83. The molecule has 1 atom stereocenters. The summed E-state index contributed by atoms with van der Waals surface area (Å²) in [6.07, 6.45) is 9.12. The van der Waals surface area contributed by atoms with Gasteiger partial charge in [-0.05, 0) is 43.4 Å². The predicted octanol–water partition coefficient (Wildman–Crippen LogP) is 2.40. The molecule has 2 aliphatic rings. The molecule has 0 aromatic rings. The van der Waals surface area contributed by atoms with Gasteiger partial charge in [0.05, 0.1) is 0 Å². The third kappa shape index (κ3) is 6.45. The molecule has 1 aliphatic carbocycles. The lowest BCUT2D eigenvalue weighted by Crippen LogP contribution is -2.45. The van der Waals surface area contributed by atoms with Crippen LogP contribution in [0.2, 0.25) is 0 Å². The summed E-state index contributed by atoms with van der Waals surface area (Å²) in [6, 6.07) is 0. The van der Waals surface area contributed by atoms with E-state index in [1.807, 2.05) is 4.90 Å². The maximum Gasteiger partial charge on any atom is 0.224 e. The molecule has 150 valence electrons. The number of aliphatic imine (C=N–C) groups is 1. The first-order valence-corrected chi connectivity index (χ1v) is 10.3. The fourth-order valence-corrected chi connectivity index (χ4v) is 4.31. The van der Waals surface area contributed by atoms with E-state index in [4.69, 9.17) is 4.74 Å². The Hall–Kier alpha value is -1.30. The summed E-state index contributed by atoms with van der Waals surface area (Å²) < 4.78 is 5.30. The fourth-order valence-electron chi connectivity index (χ4n) is 4.31. The van der Waals surface area contributed by atoms with Crippen LogP contribution in [0.3, 0.4) is 0 Å². The van der Waals surface area contributed by atoms with Gasteiger partial charge in [0.15, 0.2) is 5.96 Å². The number of ether oxygens (including phenoxy) is 1. The molecule has 2 fully saturated rings. The molecule has 6 heteroatoms. The molecule has 0 bridgehead atoms. The Morgan fingerprint density at radius 1 is 1.27 bits per heavy atom. The lowest BCUT2D eigenvalue weighted by Gasteiger charge is -2.31. The lowest BCUT2D eigenvalue weighted by molar-refractivity contribution is -0.132. The normalized spacial score (nSPS) is 23.1. The molecule has 1 aliphatic heterocycles. The van der Waals surface area contributed by atoms with Gasteiger partial charge in [-0.15, -0.1) is 0 Å². The quantitative estimate of drug-likeness (QED) is 0.511. The summed E-state index contributed by atoms with van der Waals surface area (Å²) in [5, 5.41) is 6.79. The highest BCUT2D eigenvalue weighted by Gasteiger charge is 2.33. The van der Waals surface area contributed by atoms with Crippen LogP contribution < -0.4 is 10.6 Å². The van der Waals surface area contributed by atoms with Crippen LogP contribution in [0.4, 0.5) is 0 Å². The molecule has 1 amide bonds. The van der Waals surface area contributed by atoms with Crippen molar-refractivity contribution in [2.24, 2.45) is 16.3 Å². The molecule has 0 aromatic heterocycles. The smallest absolute Gasteiger partial charge is 0.224 e. The molecule has 6 nitrogen and oxygen atoms in total. The monoisotopic (exact) mass is 366 g/mol. The SMILES string of the molecule is CN=C(NCCC(=O)N1CCCC(C)C1)NCC1(CCOC)CCCC1. The summed E-state index contributed by atoms with van der Waals surface area (Å²) >= 11 is 0. The minimum absolute atomic E-state index is 0.256. The van der Waals surface area contributed by atoms with Crippen LogP contribution in [0.1, 0.15) is 58.3 Å². The van der Waals surface area contributed by atoms with Gasteiger partial charge >= 0.3 is 0 Å². The highest BCUT2D eigenvalue weighted by atomic mass is 16.5. The van der Waals surface area contributed by atoms with Gasteiger partial charge in [-0.3, -0.25) is 9.79 Å². The van der Waals surface area contributed by atoms with E-state index in [1.165, 1.54) is 32.1 Å². The van der Waals surface area contributed by atoms with Crippen molar-refractivity contribution >= 4 is 11.9 Å². The van der Waals surface area contributed by atoms with E-state index in [0.29, 0.717) is 24.3 Å².